The summed E-state index contributed by atoms with van der Waals surface area (Å²) >= 11 is 5.80. The van der Waals surface area contributed by atoms with E-state index < -0.39 is 5.82 Å². The fourth-order valence-electron chi connectivity index (χ4n) is 1.96. The van der Waals surface area contributed by atoms with Crippen LogP contribution in [0.15, 0.2) is 47.2 Å². The molecule has 1 aromatic carbocycles. The average molecular weight is 290 g/mol. The zero-order valence-electron chi connectivity index (χ0n) is 10.2. The van der Waals surface area contributed by atoms with E-state index in [0.29, 0.717) is 16.9 Å². The molecule has 0 spiro atoms. The minimum Gasteiger partial charge on any atom is -0.380 e. The van der Waals surface area contributed by atoms with E-state index in [-0.39, 0.29) is 16.4 Å². The van der Waals surface area contributed by atoms with Crippen LogP contribution in [0.1, 0.15) is 0 Å². The highest BCUT2D eigenvalue weighted by Gasteiger charge is 2.21. The third kappa shape index (κ3) is 2.02. The van der Waals surface area contributed by atoms with Gasteiger partial charge in [0.2, 0.25) is 0 Å². The Morgan fingerprint density at radius 3 is 2.65 bits per heavy atom. The molecule has 0 radical (unpaired) electrons. The molecule has 0 aliphatic rings. The first-order valence-corrected chi connectivity index (χ1v) is 6.16. The van der Waals surface area contributed by atoms with Crippen LogP contribution in [0, 0.1) is 5.82 Å². The van der Waals surface area contributed by atoms with Gasteiger partial charge in [-0.25, -0.2) is 4.39 Å². The second-order valence-corrected chi connectivity index (χ2v) is 4.52. The lowest BCUT2D eigenvalue weighted by Gasteiger charge is -2.05. The average Bonchev–Trinajstić information content (AvgIpc) is 2.85. The lowest BCUT2D eigenvalue weighted by molar-refractivity contribution is 0.436. The maximum Gasteiger partial charge on any atom is 0.177 e. The summed E-state index contributed by atoms with van der Waals surface area (Å²) in [5, 5.41) is 3.73. The van der Waals surface area contributed by atoms with Gasteiger partial charge in [-0.05, 0) is 18.2 Å². The number of rotatable bonds is 2. The van der Waals surface area contributed by atoms with Crippen molar-refractivity contribution in [2.45, 2.75) is 0 Å². The molecule has 2 N–H and O–H groups in total. The molecule has 20 heavy (non-hydrogen) atoms. The summed E-state index contributed by atoms with van der Waals surface area (Å²) in [5.41, 5.74) is 7.14. The molecular formula is C14H9ClFN3O. The van der Waals surface area contributed by atoms with Crippen molar-refractivity contribution in [3.8, 4) is 22.5 Å². The van der Waals surface area contributed by atoms with E-state index in [1.54, 1.807) is 36.7 Å². The molecule has 0 aliphatic carbocycles. The Morgan fingerprint density at radius 2 is 1.90 bits per heavy atom. The highest BCUT2D eigenvalue weighted by Crippen LogP contribution is 2.38. The molecule has 3 aromatic rings. The number of benzene rings is 1. The van der Waals surface area contributed by atoms with Crippen LogP contribution in [0.3, 0.4) is 0 Å². The van der Waals surface area contributed by atoms with Crippen LogP contribution in [0.4, 0.5) is 10.2 Å². The third-order valence-corrected chi connectivity index (χ3v) is 3.17. The van der Waals surface area contributed by atoms with Gasteiger partial charge in [-0.3, -0.25) is 4.98 Å². The lowest BCUT2D eigenvalue weighted by Crippen LogP contribution is -1.92. The van der Waals surface area contributed by atoms with Gasteiger partial charge < -0.3 is 10.3 Å². The van der Waals surface area contributed by atoms with Gasteiger partial charge in [0.05, 0.1) is 10.6 Å². The number of nitrogens with two attached hydrogens (primary N) is 1. The number of pyridine rings is 1. The summed E-state index contributed by atoms with van der Waals surface area (Å²) in [6.07, 6.45) is 3.21. The molecule has 0 unspecified atom stereocenters. The number of nitrogens with zero attached hydrogens (tertiary/aromatic N) is 2. The van der Waals surface area contributed by atoms with Crippen LogP contribution in [-0.2, 0) is 0 Å². The Bertz CT molecular complexity index is 758. The summed E-state index contributed by atoms with van der Waals surface area (Å²) in [7, 11) is 0. The number of hydrogen-bond acceptors (Lipinski definition) is 4. The SMILES string of the molecule is Nc1noc(-c2ccncc2)c1-c1cccc(Cl)c1F. The molecule has 3 rings (SSSR count). The summed E-state index contributed by atoms with van der Waals surface area (Å²) in [4.78, 5) is 3.92. The molecule has 2 aromatic heterocycles. The zero-order chi connectivity index (χ0) is 14.1. The van der Waals surface area contributed by atoms with Gasteiger partial charge in [-0.2, -0.15) is 0 Å². The maximum atomic E-state index is 14.2. The Hall–Kier alpha value is -2.40. The largest absolute Gasteiger partial charge is 0.380 e. The van der Waals surface area contributed by atoms with Crippen LogP contribution in [-0.4, -0.2) is 10.1 Å². The second kappa shape index (κ2) is 4.94. The van der Waals surface area contributed by atoms with Crippen LogP contribution in [0.2, 0.25) is 5.02 Å². The standard InChI is InChI=1S/C14H9ClFN3O/c15-10-3-1-2-9(12(10)16)11-13(20-19-14(11)17)8-4-6-18-7-5-8/h1-7H,(H2,17,19). The van der Waals surface area contributed by atoms with E-state index in [9.17, 15) is 4.39 Å². The summed E-state index contributed by atoms with van der Waals surface area (Å²) in [6.45, 7) is 0. The van der Waals surface area contributed by atoms with Gasteiger partial charge in [-0.1, -0.05) is 28.9 Å². The molecule has 6 heteroatoms. The van der Waals surface area contributed by atoms with E-state index >= 15 is 0 Å². The molecule has 0 aliphatic heterocycles. The molecule has 0 amide bonds. The Morgan fingerprint density at radius 1 is 1.15 bits per heavy atom. The third-order valence-electron chi connectivity index (χ3n) is 2.88. The predicted octanol–water partition coefficient (Wildman–Crippen LogP) is 3.78. The number of anilines is 1. The molecule has 4 nitrogen and oxygen atoms in total. The molecule has 0 saturated carbocycles. The Labute approximate surface area is 119 Å². The number of nitrogen functional groups attached to an aromatic ring is 1. The van der Waals surface area contributed by atoms with Crippen molar-refractivity contribution in [3.05, 3.63) is 53.6 Å². The van der Waals surface area contributed by atoms with Crippen molar-refractivity contribution in [1.29, 1.82) is 0 Å². The fraction of sp³-hybridized carbons (Fsp3) is 0. The highest BCUT2D eigenvalue weighted by atomic mass is 35.5. The van der Waals surface area contributed by atoms with Gasteiger partial charge in [0.15, 0.2) is 11.6 Å². The van der Waals surface area contributed by atoms with Crippen molar-refractivity contribution in [2.75, 3.05) is 5.73 Å². The first kappa shape index (κ1) is 12.6. The van der Waals surface area contributed by atoms with Crippen molar-refractivity contribution in [1.82, 2.24) is 10.1 Å². The van der Waals surface area contributed by atoms with Gasteiger partial charge in [0.25, 0.3) is 0 Å². The van der Waals surface area contributed by atoms with E-state index in [1.165, 1.54) is 6.07 Å². The smallest absolute Gasteiger partial charge is 0.177 e. The normalized spacial score (nSPS) is 10.7. The minimum absolute atomic E-state index is 0.0174. The van der Waals surface area contributed by atoms with Crippen LogP contribution >= 0.6 is 11.6 Å². The molecule has 0 atom stereocenters. The van der Waals surface area contributed by atoms with E-state index in [4.69, 9.17) is 21.9 Å². The van der Waals surface area contributed by atoms with E-state index in [0.717, 1.165) is 0 Å². The quantitative estimate of drug-likeness (QED) is 0.780. The lowest BCUT2D eigenvalue weighted by atomic mass is 10.0. The van der Waals surface area contributed by atoms with Gasteiger partial charge in [0.1, 0.15) is 5.82 Å². The Balaban J connectivity index is 2.25. The molecule has 0 bridgehead atoms. The molecule has 100 valence electrons. The molecule has 0 saturated heterocycles. The maximum absolute atomic E-state index is 14.2. The monoisotopic (exact) mass is 289 g/mol. The number of aromatic nitrogens is 2. The van der Waals surface area contributed by atoms with Crippen LogP contribution in [0.25, 0.3) is 22.5 Å². The van der Waals surface area contributed by atoms with Crippen molar-refractivity contribution in [3.63, 3.8) is 0 Å². The number of halogens is 2. The second-order valence-electron chi connectivity index (χ2n) is 4.11. The first-order valence-electron chi connectivity index (χ1n) is 5.78. The van der Waals surface area contributed by atoms with Crippen LogP contribution in [0.5, 0.6) is 0 Å². The van der Waals surface area contributed by atoms with Gasteiger partial charge >= 0.3 is 0 Å². The first-order chi connectivity index (χ1) is 9.68. The van der Waals surface area contributed by atoms with Crippen molar-refractivity contribution in [2.24, 2.45) is 0 Å². The molecular weight excluding hydrogens is 281 g/mol. The fourth-order valence-corrected chi connectivity index (χ4v) is 2.13. The summed E-state index contributed by atoms with van der Waals surface area (Å²) in [5.74, 6) is -0.0663. The summed E-state index contributed by atoms with van der Waals surface area (Å²) < 4.78 is 19.4. The highest BCUT2D eigenvalue weighted by molar-refractivity contribution is 6.31. The minimum atomic E-state index is -0.556. The predicted molar refractivity (Wildman–Crippen MR) is 74.6 cm³/mol. The van der Waals surface area contributed by atoms with Crippen molar-refractivity contribution >= 4 is 17.4 Å². The van der Waals surface area contributed by atoms with E-state index in [2.05, 4.69) is 10.1 Å². The molecule has 0 fully saturated rings. The van der Waals surface area contributed by atoms with Gasteiger partial charge in [0, 0.05) is 23.5 Å². The van der Waals surface area contributed by atoms with Crippen LogP contribution < -0.4 is 5.73 Å². The zero-order valence-corrected chi connectivity index (χ0v) is 10.9. The van der Waals surface area contributed by atoms with Gasteiger partial charge in [-0.15, -0.1) is 0 Å². The molecule has 2 heterocycles. The van der Waals surface area contributed by atoms with E-state index in [1.807, 2.05) is 0 Å². The topological polar surface area (TPSA) is 64.9 Å². The Kier molecular flexibility index (Phi) is 3.12. The summed E-state index contributed by atoms with van der Waals surface area (Å²) in [6, 6.07) is 8.15. The van der Waals surface area contributed by atoms with Crippen molar-refractivity contribution < 1.29 is 8.91 Å². The number of hydrogen-bond donors (Lipinski definition) is 1.